The van der Waals surface area contributed by atoms with E-state index in [4.69, 9.17) is 37.9 Å². The first kappa shape index (κ1) is 21.7. The SMILES string of the molecule is Fc1cc(Cl)c(Nc2nc3cnc(N[C@H]4CCCOC4)nc3n2C2CCCCC2)c(Cl)c1. The third-order valence-corrected chi connectivity index (χ3v) is 6.71. The summed E-state index contributed by atoms with van der Waals surface area (Å²) in [5.41, 5.74) is 1.86. The predicted molar refractivity (Wildman–Crippen MR) is 125 cm³/mol. The van der Waals surface area contributed by atoms with E-state index in [1.807, 2.05) is 0 Å². The van der Waals surface area contributed by atoms with Crippen LogP contribution in [0, 0.1) is 5.82 Å². The number of ether oxygens (including phenoxy) is 1. The minimum Gasteiger partial charge on any atom is -0.379 e. The van der Waals surface area contributed by atoms with Gasteiger partial charge in [0.25, 0.3) is 0 Å². The first-order valence-electron chi connectivity index (χ1n) is 11.1. The molecule has 0 unspecified atom stereocenters. The predicted octanol–water partition coefficient (Wildman–Crippen LogP) is 6.11. The van der Waals surface area contributed by atoms with Crippen molar-refractivity contribution < 1.29 is 9.13 Å². The largest absolute Gasteiger partial charge is 0.379 e. The molecule has 1 saturated carbocycles. The number of hydrogen-bond acceptors (Lipinski definition) is 6. The Bertz CT molecular complexity index is 1090. The van der Waals surface area contributed by atoms with Gasteiger partial charge in [0, 0.05) is 12.6 Å². The van der Waals surface area contributed by atoms with Gasteiger partial charge in [0.05, 0.1) is 34.6 Å². The number of nitrogens with one attached hydrogen (secondary N) is 2. The van der Waals surface area contributed by atoms with Gasteiger partial charge in [-0.15, -0.1) is 0 Å². The summed E-state index contributed by atoms with van der Waals surface area (Å²) in [4.78, 5) is 14.0. The molecule has 1 saturated heterocycles. The van der Waals surface area contributed by atoms with Crippen molar-refractivity contribution in [2.45, 2.75) is 57.0 Å². The Morgan fingerprint density at radius 2 is 1.81 bits per heavy atom. The van der Waals surface area contributed by atoms with Crippen molar-refractivity contribution in [2.24, 2.45) is 0 Å². The Labute approximate surface area is 195 Å². The van der Waals surface area contributed by atoms with Gasteiger partial charge in [0.1, 0.15) is 11.3 Å². The molecule has 3 heterocycles. The van der Waals surface area contributed by atoms with Gasteiger partial charge in [-0.2, -0.15) is 4.98 Å². The maximum Gasteiger partial charge on any atom is 0.225 e. The zero-order chi connectivity index (χ0) is 22.1. The van der Waals surface area contributed by atoms with Gasteiger partial charge in [-0.3, -0.25) is 4.57 Å². The molecular formula is C22H25Cl2FN6O. The molecule has 3 aromatic rings. The number of fused-ring (bicyclic) bond motifs is 1. The quantitative estimate of drug-likeness (QED) is 0.460. The minimum absolute atomic E-state index is 0.196. The van der Waals surface area contributed by atoms with E-state index in [-0.39, 0.29) is 22.1 Å². The van der Waals surface area contributed by atoms with E-state index in [1.54, 1.807) is 6.20 Å². The van der Waals surface area contributed by atoms with Gasteiger partial charge in [-0.25, -0.2) is 14.4 Å². The molecule has 10 heteroatoms. The molecule has 0 amide bonds. The number of rotatable bonds is 5. The van der Waals surface area contributed by atoms with E-state index in [0.717, 1.165) is 50.8 Å². The van der Waals surface area contributed by atoms with Crippen LogP contribution in [0.3, 0.4) is 0 Å². The number of hydrogen-bond donors (Lipinski definition) is 2. The smallest absolute Gasteiger partial charge is 0.225 e. The summed E-state index contributed by atoms with van der Waals surface area (Å²) < 4.78 is 21.4. The summed E-state index contributed by atoms with van der Waals surface area (Å²) in [5.74, 6) is 0.656. The molecular weight excluding hydrogens is 454 g/mol. The number of imidazole rings is 1. The summed E-state index contributed by atoms with van der Waals surface area (Å²) in [6, 6.07) is 2.91. The van der Waals surface area contributed by atoms with Crippen LogP contribution < -0.4 is 10.6 Å². The lowest BCUT2D eigenvalue weighted by Gasteiger charge is -2.26. The van der Waals surface area contributed by atoms with Crippen molar-refractivity contribution >= 4 is 51.9 Å². The van der Waals surface area contributed by atoms with E-state index in [9.17, 15) is 4.39 Å². The second-order valence-corrected chi connectivity index (χ2v) is 9.24. The molecule has 0 bridgehead atoms. The van der Waals surface area contributed by atoms with Crippen molar-refractivity contribution in [3.63, 3.8) is 0 Å². The normalized spacial score (nSPS) is 19.9. The van der Waals surface area contributed by atoms with Gasteiger partial charge in [0.15, 0.2) is 5.65 Å². The number of anilines is 3. The third kappa shape index (κ3) is 4.49. The molecule has 0 radical (unpaired) electrons. The fourth-order valence-electron chi connectivity index (χ4n) is 4.54. The highest BCUT2D eigenvalue weighted by atomic mass is 35.5. The van der Waals surface area contributed by atoms with Crippen molar-refractivity contribution in [1.82, 2.24) is 19.5 Å². The lowest BCUT2D eigenvalue weighted by molar-refractivity contribution is 0.0874. The lowest BCUT2D eigenvalue weighted by Crippen LogP contribution is -2.30. The number of benzene rings is 1. The number of nitrogens with zero attached hydrogens (tertiary/aromatic N) is 4. The highest BCUT2D eigenvalue weighted by Crippen LogP contribution is 2.38. The maximum absolute atomic E-state index is 13.7. The van der Waals surface area contributed by atoms with Crippen LogP contribution in [0.2, 0.25) is 10.0 Å². The molecule has 170 valence electrons. The van der Waals surface area contributed by atoms with E-state index >= 15 is 0 Å². The first-order chi connectivity index (χ1) is 15.6. The van der Waals surface area contributed by atoms with Crippen LogP contribution >= 0.6 is 23.2 Å². The Kier molecular flexibility index (Phi) is 6.35. The van der Waals surface area contributed by atoms with Crippen LogP contribution in [0.15, 0.2) is 18.3 Å². The molecule has 2 N–H and O–H groups in total. The maximum atomic E-state index is 13.7. The van der Waals surface area contributed by atoms with Crippen molar-refractivity contribution in [2.75, 3.05) is 23.8 Å². The summed E-state index contributed by atoms with van der Waals surface area (Å²) >= 11 is 12.6. The van der Waals surface area contributed by atoms with Crippen LogP contribution in [-0.2, 0) is 4.74 Å². The van der Waals surface area contributed by atoms with Crippen LogP contribution in [-0.4, -0.2) is 38.8 Å². The summed E-state index contributed by atoms with van der Waals surface area (Å²) in [6.07, 6.45) is 9.37. The van der Waals surface area contributed by atoms with Crippen LogP contribution in [0.25, 0.3) is 11.2 Å². The Hall–Kier alpha value is -2.16. The molecule has 1 aliphatic carbocycles. The standard InChI is InChI=1S/C22H25Cl2FN6O/c23-16-9-13(25)10-17(24)19(16)29-22-28-18-11-26-21(27-14-5-4-8-32-12-14)30-20(18)31(22)15-6-2-1-3-7-15/h9-11,14-15H,1-8,12H2,(H,28,29)(H,26,27,30)/t14-/m0/s1. The van der Waals surface area contributed by atoms with Gasteiger partial charge >= 0.3 is 0 Å². The highest BCUT2D eigenvalue weighted by Gasteiger charge is 2.25. The molecule has 5 rings (SSSR count). The Morgan fingerprint density at radius 3 is 2.53 bits per heavy atom. The topological polar surface area (TPSA) is 76.9 Å². The van der Waals surface area contributed by atoms with Crippen molar-refractivity contribution in [3.8, 4) is 0 Å². The van der Waals surface area contributed by atoms with Gasteiger partial charge in [-0.05, 0) is 37.8 Å². The Morgan fingerprint density at radius 1 is 1.03 bits per heavy atom. The van der Waals surface area contributed by atoms with E-state index < -0.39 is 5.82 Å². The molecule has 2 aromatic heterocycles. The summed E-state index contributed by atoms with van der Waals surface area (Å²) in [5, 5.41) is 7.03. The van der Waals surface area contributed by atoms with Gasteiger partial charge in [-0.1, -0.05) is 42.5 Å². The number of aromatic nitrogens is 4. The molecule has 2 fully saturated rings. The minimum atomic E-state index is -0.486. The first-order valence-corrected chi connectivity index (χ1v) is 11.8. The molecule has 2 aliphatic rings. The fourth-order valence-corrected chi connectivity index (χ4v) is 5.10. The second kappa shape index (κ2) is 9.37. The molecule has 0 spiro atoms. The van der Waals surface area contributed by atoms with E-state index in [1.165, 1.54) is 18.6 Å². The van der Waals surface area contributed by atoms with Crippen LogP contribution in [0.4, 0.5) is 22.0 Å². The van der Waals surface area contributed by atoms with Crippen LogP contribution in [0.1, 0.15) is 51.0 Å². The zero-order valence-corrected chi connectivity index (χ0v) is 19.1. The van der Waals surface area contributed by atoms with E-state index in [0.29, 0.717) is 29.7 Å². The molecule has 32 heavy (non-hydrogen) atoms. The second-order valence-electron chi connectivity index (χ2n) is 8.43. The summed E-state index contributed by atoms with van der Waals surface area (Å²) in [6.45, 7) is 1.45. The third-order valence-electron chi connectivity index (χ3n) is 6.11. The van der Waals surface area contributed by atoms with Crippen molar-refractivity contribution in [3.05, 3.63) is 34.2 Å². The molecule has 1 aliphatic heterocycles. The van der Waals surface area contributed by atoms with Crippen molar-refractivity contribution in [1.29, 1.82) is 0 Å². The molecule has 1 aromatic carbocycles. The number of halogens is 3. The Balaban J connectivity index is 1.54. The zero-order valence-electron chi connectivity index (χ0n) is 17.6. The average molecular weight is 479 g/mol. The fraction of sp³-hybridized carbons (Fsp3) is 0.500. The van der Waals surface area contributed by atoms with Gasteiger partial charge in [0.2, 0.25) is 11.9 Å². The molecule has 7 nitrogen and oxygen atoms in total. The average Bonchev–Trinajstić information content (AvgIpc) is 3.15. The van der Waals surface area contributed by atoms with Crippen LogP contribution in [0.5, 0.6) is 0 Å². The van der Waals surface area contributed by atoms with E-state index in [2.05, 4.69) is 20.2 Å². The highest BCUT2D eigenvalue weighted by molar-refractivity contribution is 6.39. The summed E-state index contributed by atoms with van der Waals surface area (Å²) in [7, 11) is 0. The molecule has 1 atom stereocenters. The van der Waals surface area contributed by atoms with Gasteiger partial charge < -0.3 is 15.4 Å². The monoisotopic (exact) mass is 478 g/mol. The lowest BCUT2D eigenvalue weighted by atomic mass is 9.95.